The molecule has 0 saturated heterocycles. The number of hydrogen-bond donors (Lipinski definition) is 1. The number of hydrogen-bond acceptors (Lipinski definition) is 5. The SMILES string of the molecule is CCN(C)C(=O)Cc1csc(NS(=O)(=O)c2c(C)cc(Cl)cc2Cl)n1. The van der Waals surface area contributed by atoms with Gasteiger partial charge in [0.15, 0.2) is 5.13 Å². The number of likely N-dealkylation sites (N-methyl/N-ethyl adjacent to an activating group) is 1. The summed E-state index contributed by atoms with van der Waals surface area (Å²) in [6.07, 6.45) is 0.114. The molecule has 136 valence electrons. The van der Waals surface area contributed by atoms with Crippen molar-refractivity contribution in [2.45, 2.75) is 25.2 Å². The highest BCUT2D eigenvalue weighted by Gasteiger charge is 2.23. The van der Waals surface area contributed by atoms with E-state index in [0.717, 1.165) is 11.3 Å². The van der Waals surface area contributed by atoms with Gasteiger partial charge >= 0.3 is 0 Å². The van der Waals surface area contributed by atoms with Gasteiger partial charge in [-0.1, -0.05) is 23.2 Å². The molecule has 0 unspecified atom stereocenters. The molecule has 1 heterocycles. The van der Waals surface area contributed by atoms with Crippen LogP contribution in [-0.2, 0) is 21.2 Å². The third-order valence-corrected chi connectivity index (χ3v) is 6.57. The highest BCUT2D eigenvalue weighted by Crippen LogP contribution is 2.31. The average Bonchev–Trinajstić information content (AvgIpc) is 2.90. The van der Waals surface area contributed by atoms with E-state index in [0.29, 0.717) is 22.8 Å². The molecule has 0 fully saturated rings. The Bertz CT molecular complexity index is 874. The van der Waals surface area contributed by atoms with Crippen LogP contribution in [0.5, 0.6) is 0 Å². The van der Waals surface area contributed by atoms with Gasteiger partial charge in [-0.15, -0.1) is 11.3 Å². The Balaban J connectivity index is 2.21. The van der Waals surface area contributed by atoms with E-state index in [1.165, 1.54) is 12.1 Å². The molecule has 0 aliphatic rings. The molecule has 0 saturated carbocycles. The number of nitrogens with zero attached hydrogens (tertiary/aromatic N) is 2. The van der Waals surface area contributed by atoms with Crippen molar-refractivity contribution in [1.82, 2.24) is 9.88 Å². The molecule has 0 aliphatic carbocycles. The summed E-state index contributed by atoms with van der Waals surface area (Å²) >= 11 is 13.0. The third-order valence-electron chi connectivity index (χ3n) is 3.47. The lowest BCUT2D eigenvalue weighted by molar-refractivity contribution is -0.129. The van der Waals surface area contributed by atoms with Crippen LogP contribution < -0.4 is 4.72 Å². The zero-order valence-corrected chi connectivity index (χ0v) is 17.0. The molecular weight excluding hydrogens is 405 g/mol. The quantitative estimate of drug-likeness (QED) is 0.772. The van der Waals surface area contributed by atoms with Gasteiger partial charge in [0.25, 0.3) is 10.0 Å². The number of amides is 1. The predicted molar refractivity (Wildman–Crippen MR) is 101 cm³/mol. The summed E-state index contributed by atoms with van der Waals surface area (Å²) in [5.41, 5.74) is 0.938. The van der Waals surface area contributed by atoms with Crippen LogP contribution in [0.1, 0.15) is 18.2 Å². The molecule has 2 aromatic rings. The molecule has 0 aliphatic heterocycles. The van der Waals surface area contributed by atoms with Crippen molar-refractivity contribution in [1.29, 1.82) is 0 Å². The lowest BCUT2D eigenvalue weighted by Crippen LogP contribution is -2.27. The first-order valence-electron chi connectivity index (χ1n) is 7.31. The topological polar surface area (TPSA) is 79.4 Å². The van der Waals surface area contributed by atoms with E-state index in [4.69, 9.17) is 23.2 Å². The van der Waals surface area contributed by atoms with Crippen LogP contribution in [0, 0.1) is 6.92 Å². The van der Waals surface area contributed by atoms with Gasteiger partial charge in [0, 0.05) is 24.0 Å². The van der Waals surface area contributed by atoms with Crippen LogP contribution in [0.15, 0.2) is 22.4 Å². The minimum Gasteiger partial charge on any atom is -0.346 e. The second-order valence-corrected chi connectivity index (χ2v) is 8.69. The van der Waals surface area contributed by atoms with E-state index in [-0.39, 0.29) is 27.4 Å². The highest BCUT2D eigenvalue weighted by atomic mass is 35.5. The minimum atomic E-state index is -3.92. The number of halogens is 2. The molecule has 2 rings (SSSR count). The van der Waals surface area contributed by atoms with Gasteiger partial charge in [0.1, 0.15) is 4.90 Å². The molecular formula is C15H17Cl2N3O3S2. The summed E-state index contributed by atoms with van der Waals surface area (Å²) in [7, 11) is -2.22. The Kier molecular flexibility index (Phi) is 6.31. The maximum absolute atomic E-state index is 12.6. The summed E-state index contributed by atoms with van der Waals surface area (Å²) in [6, 6.07) is 2.89. The van der Waals surface area contributed by atoms with Gasteiger partial charge in [-0.2, -0.15) is 0 Å². The number of rotatable bonds is 6. The number of sulfonamides is 1. The van der Waals surface area contributed by atoms with Gasteiger partial charge in [-0.3, -0.25) is 9.52 Å². The van der Waals surface area contributed by atoms with E-state index in [1.807, 2.05) is 6.92 Å². The summed E-state index contributed by atoms with van der Waals surface area (Å²) in [5, 5.41) is 2.22. The number of aryl methyl sites for hydroxylation is 1. The normalized spacial score (nSPS) is 11.4. The van der Waals surface area contributed by atoms with Crippen LogP contribution in [0.2, 0.25) is 10.0 Å². The lowest BCUT2D eigenvalue weighted by atomic mass is 10.2. The number of aromatic nitrogens is 1. The first kappa shape index (κ1) is 20.0. The summed E-state index contributed by atoms with van der Waals surface area (Å²) in [5.74, 6) is -0.0844. The van der Waals surface area contributed by atoms with Gasteiger partial charge in [-0.25, -0.2) is 13.4 Å². The lowest BCUT2D eigenvalue weighted by Gasteiger charge is -2.13. The Hall–Kier alpha value is -1.35. The molecule has 0 spiro atoms. The number of anilines is 1. The fourth-order valence-electron chi connectivity index (χ4n) is 2.10. The van der Waals surface area contributed by atoms with Gasteiger partial charge in [0.2, 0.25) is 5.91 Å². The van der Waals surface area contributed by atoms with Crippen molar-refractivity contribution in [3.63, 3.8) is 0 Å². The van der Waals surface area contributed by atoms with Crippen LogP contribution in [0.4, 0.5) is 5.13 Å². The first-order valence-corrected chi connectivity index (χ1v) is 10.4. The Morgan fingerprint density at radius 1 is 1.36 bits per heavy atom. The zero-order valence-electron chi connectivity index (χ0n) is 13.8. The molecule has 25 heavy (non-hydrogen) atoms. The molecule has 0 atom stereocenters. The van der Waals surface area contributed by atoms with Crippen molar-refractivity contribution >= 4 is 55.6 Å². The number of carbonyl (C=O) groups is 1. The van der Waals surface area contributed by atoms with Crippen molar-refractivity contribution in [3.05, 3.63) is 38.8 Å². The van der Waals surface area contributed by atoms with Gasteiger partial charge in [0.05, 0.1) is 17.1 Å². The van der Waals surface area contributed by atoms with Crippen LogP contribution >= 0.6 is 34.5 Å². The van der Waals surface area contributed by atoms with E-state index in [9.17, 15) is 13.2 Å². The minimum absolute atomic E-state index is 0.0361. The van der Waals surface area contributed by atoms with Crippen molar-refractivity contribution < 1.29 is 13.2 Å². The monoisotopic (exact) mass is 421 g/mol. The predicted octanol–water partition coefficient (Wildman–Crippen LogP) is 3.58. The maximum atomic E-state index is 12.6. The fraction of sp³-hybridized carbons (Fsp3) is 0.333. The molecule has 1 N–H and O–H groups in total. The van der Waals surface area contributed by atoms with Crippen molar-refractivity contribution in [2.75, 3.05) is 18.3 Å². The van der Waals surface area contributed by atoms with Crippen molar-refractivity contribution in [2.24, 2.45) is 0 Å². The fourth-order valence-corrected chi connectivity index (χ4v) is 5.25. The van der Waals surface area contributed by atoms with Crippen LogP contribution in [0.25, 0.3) is 0 Å². The molecule has 0 bridgehead atoms. The largest absolute Gasteiger partial charge is 0.346 e. The number of benzene rings is 1. The first-order chi connectivity index (χ1) is 11.6. The van der Waals surface area contributed by atoms with E-state index < -0.39 is 10.0 Å². The number of nitrogens with one attached hydrogen (secondary N) is 1. The summed E-state index contributed by atoms with van der Waals surface area (Å²) in [4.78, 5) is 17.6. The Labute approximate surface area is 160 Å². The van der Waals surface area contributed by atoms with Crippen LogP contribution in [0.3, 0.4) is 0 Å². The van der Waals surface area contributed by atoms with Crippen molar-refractivity contribution in [3.8, 4) is 0 Å². The van der Waals surface area contributed by atoms with E-state index >= 15 is 0 Å². The second kappa shape index (κ2) is 7.90. The van der Waals surface area contributed by atoms with E-state index in [2.05, 4.69) is 9.71 Å². The molecule has 10 heteroatoms. The maximum Gasteiger partial charge on any atom is 0.265 e. The van der Waals surface area contributed by atoms with Gasteiger partial charge < -0.3 is 4.90 Å². The molecule has 1 aromatic heterocycles. The van der Waals surface area contributed by atoms with E-state index in [1.54, 1.807) is 24.3 Å². The van der Waals surface area contributed by atoms with Gasteiger partial charge in [-0.05, 0) is 31.5 Å². The number of carbonyl (C=O) groups excluding carboxylic acids is 1. The molecule has 0 radical (unpaired) electrons. The van der Waals surface area contributed by atoms with Crippen LogP contribution in [-0.4, -0.2) is 37.8 Å². The standard InChI is InChI=1S/C15H17Cl2N3O3S2/c1-4-20(3)13(21)7-11-8-24-15(18-11)19-25(22,23)14-9(2)5-10(16)6-12(14)17/h5-6,8H,4,7H2,1-3H3,(H,18,19). The zero-order chi connectivity index (χ0) is 18.8. The Morgan fingerprint density at radius 2 is 2.04 bits per heavy atom. The third kappa shape index (κ3) is 4.84. The summed E-state index contributed by atoms with van der Waals surface area (Å²) < 4.78 is 27.6. The number of thiazole rings is 1. The second-order valence-electron chi connectivity index (χ2n) is 5.37. The Morgan fingerprint density at radius 3 is 2.64 bits per heavy atom. The average molecular weight is 422 g/mol. The smallest absolute Gasteiger partial charge is 0.265 e. The molecule has 1 amide bonds. The molecule has 1 aromatic carbocycles. The summed E-state index contributed by atoms with van der Waals surface area (Å²) in [6.45, 7) is 4.08. The highest BCUT2D eigenvalue weighted by molar-refractivity contribution is 7.93. The molecule has 6 nitrogen and oxygen atoms in total.